The number of nitrogens with zero attached hydrogens (tertiary/aromatic N) is 3. The number of piperazine rings is 1. The van der Waals surface area contributed by atoms with Crippen LogP contribution in [0.1, 0.15) is 36.7 Å². The third kappa shape index (κ3) is 3.48. The molecule has 1 saturated heterocycles. The van der Waals surface area contributed by atoms with Gasteiger partial charge in [0.15, 0.2) is 5.82 Å². The van der Waals surface area contributed by atoms with Gasteiger partial charge in [-0.2, -0.15) is 4.98 Å². The van der Waals surface area contributed by atoms with E-state index in [1.165, 1.54) is 0 Å². The molecular weight excluding hydrogens is 300 g/mol. The van der Waals surface area contributed by atoms with Crippen molar-refractivity contribution in [2.45, 2.75) is 32.4 Å². The molecule has 22 heavy (non-hydrogen) atoms. The smallest absolute Gasteiger partial charge is 0.226 e. The van der Waals surface area contributed by atoms with E-state index in [4.69, 9.17) is 16.1 Å². The normalized spacial score (nSPS) is 19.5. The molecule has 1 aliphatic rings. The van der Waals surface area contributed by atoms with Crippen molar-refractivity contribution in [3.05, 3.63) is 46.6 Å². The van der Waals surface area contributed by atoms with E-state index in [9.17, 15) is 0 Å². The summed E-state index contributed by atoms with van der Waals surface area (Å²) < 4.78 is 5.28. The van der Waals surface area contributed by atoms with Crippen molar-refractivity contribution in [3.8, 4) is 0 Å². The van der Waals surface area contributed by atoms with E-state index in [-0.39, 0.29) is 6.04 Å². The third-order valence-corrected chi connectivity index (χ3v) is 4.28. The molecule has 0 bridgehead atoms. The molecule has 1 atom stereocenters. The van der Waals surface area contributed by atoms with Gasteiger partial charge in [0.1, 0.15) is 0 Å². The van der Waals surface area contributed by atoms with E-state index in [0.717, 1.165) is 54.8 Å². The molecule has 1 aliphatic heterocycles. The van der Waals surface area contributed by atoms with Crippen LogP contribution in [0, 0.1) is 0 Å². The highest BCUT2D eigenvalue weighted by Gasteiger charge is 2.26. The zero-order valence-electron chi connectivity index (χ0n) is 12.8. The first-order chi connectivity index (χ1) is 10.8. The lowest BCUT2D eigenvalue weighted by atomic mass is 10.0. The molecule has 1 N–H and O–H groups in total. The molecule has 118 valence electrons. The zero-order valence-corrected chi connectivity index (χ0v) is 13.5. The van der Waals surface area contributed by atoms with Crippen molar-refractivity contribution < 1.29 is 4.52 Å². The lowest BCUT2D eigenvalue weighted by Crippen LogP contribution is -2.45. The van der Waals surface area contributed by atoms with E-state index in [1.807, 2.05) is 18.2 Å². The Balaban J connectivity index is 1.76. The molecule has 2 heterocycles. The second-order valence-electron chi connectivity index (χ2n) is 5.57. The lowest BCUT2D eigenvalue weighted by molar-refractivity contribution is 0.148. The van der Waals surface area contributed by atoms with Crippen LogP contribution in [0.5, 0.6) is 0 Å². The second-order valence-corrected chi connectivity index (χ2v) is 5.97. The van der Waals surface area contributed by atoms with Gasteiger partial charge in [-0.05, 0) is 18.1 Å². The molecule has 2 aromatic rings. The van der Waals surface area contributed by atoms with Crippen molar-refractivity contribution in [1.29, 1.82) is 0 Å². The van der Waals surface area contributed by atoms with Crippen LogP contribution in [-0.4, -0.2) is 34.7 Å². The first kappa shape index (κ1) is 15.5. The predicted molar refractivity (Wildman–Crippen MR) is 85.8 cm³/mol. The van der Waals surface area contributed by atoms with E-state index in [2.05, 4.69) is 33.3 Å². The van der Waals surface area contributed by atoms with Crippen LogP contribution in [0.25, 0.3) is 0 Å². The molecule has 0 amide bonds. The number of nitrogens with one attached hydrogen (secondary N) is 1. The van der Waals surface area contributed by atoms with Crippen LogP contribution < -0.4 is 5.32 Å². The first-order valence-electron chi connectivity index (χ1n) is 7.78. The molecule has 0 radical (unpaired) electrons. The number of hydrogen-bond donors (Lipinski definition) is 1. The van der Waals surface area contributed by atoms with E-state index >= 15 is 0 Å². The highest BCUT2D eigenvalue weighted by atomic mass is 35.5. The van der Waals surface area contributed by atoms with Crippen LogP contribution in [-0.2, 0) is 13.0 Å². The Morgan fingerprint density at radius 1 is 1.41 bits per heavy atom. The largest absolute Gasteiger partial charge is 0.339 e. The predicted octanol–water partition coefficient (Wildman–Crippen LogP) is 2.82. The topological polar surface area (TPSA) is 54.2 Å². The first-order valence-corrected chi connectivity index (χ1v) is 8.16. The van der Waals surface area contributed by atoms with Gasteiger partial charge in [0, 0.05) is 37.1 Å². The molecule has 0 aliphatic carbocycles. The summed E-state index contributed by atoms with van der Waals surface area (Å²) >= 11 is 6.37. The summed E-state index contributed by atoms with van der Waals surface area (Å²) in [5, 5.41) is 8.34. The molecule has 1 fully saturated rings. The second kappa shape index (κ2) is 7.22. The van der Waals surface area contributed by atoms with Crippen molar-refractivity contribution in [1.82, 2.24) is 20.4 Å². The fraction of sp³-hybridized carbons (Fsp3) is 0.500. The highest BCUT2D eigenvalue weighted by molar-refractivity contribution is 6.31. The van der Waals surface area contributed by atoms with Gasteiger partial charge in [-0.15, -0.1) is 0 Å². The van der Waals surface area contributed by atoms with Gasteiger partial charge in [0.05, 0.1) is 6.54 Å². The lowest BCUT2D eigenvalue weighted by Gasteiger charge is -2.36. The molecule has 0 spiro atoms. The summed E-state index contributed by atoms with van der Waals surface area (Å²) in [4.78, 5) is 6.83. The van der Waals surface area contributed by atoms with Gasteiger partial charge in [0.2, 0.25) is 5.89 Å². The minimum absolute atomic E-state index is 0.232. The van der Waals surface area contributed by atoms with Gasteiger partial charge >= 0.3 is 0 Å². The van der Waals surface area contributed by atoms with E-state index in [1.54, 1.807) is 0 Å². The summed E-state index contributed by atoms with van der Waals surface area (Å²) in [6.45, 7) is 5.57. The fourth-order valence-electron chi connectivity index (χ4n) is 2.84. The van der Waals surface area contributed by atoms with Crippen LogP contribution in [0.2, 0.25) is 5.02 Å². The van der Waals surface area contributed by atoms with Crippen molar-refractivity contribution in [2.24, 2.45) is 0 Å². The molecule has 1 aromatic heterocycles. The average Bonchev–Trinajstić information content (AvgIpc) is 2.96. The Morgan fingerprint density at radius 3 is 3.09 bits per heavy atom. The molecule has 5 nitrogen and oxygen atoms in total. The standard InChI is InChI=1S/C16H21ClN4O/c1-2-5-16-19-15(20-22-16)11-21-9-8-18-10-14(21)12-6-3-4-7-13(12)17/h3-4,6-7,14,18H,2,5,8-11H2,1H3. The number of halogens is 1. The Bertz CT molecular complexity index is 616. The van der Waals surface area contributed by atoms with Crippen LogP contribution in [0.3, 0.4) is 0 Å². The van der Waals surface area contributed by atoms with Gasteiger partial charge < -0.3 is 9.84 Å². The van der Waals surface area contributed by atoms with Crippen LogP contribution in [0.4, 0.5) is 0 Å². The number of aromatic nitrogens is 2. The monoisotopic (exact) mass is 320 g/mol. The quantitative estimate of drug-likeness (QED) is 0.918. The summed E-state index contributed by atoms with van der Waals surface area (Å²) in [7, 11) is 0. The Morgan fingerprint density at radius 2 is 2.27 bits per heavy atom. The van der Waals surface area contributed by atoms with Gasteiger partial charge in [-0.1, -0.05) is 41.9 Å². The maximum Gasteiger partial charge on any atom is 0.226 e. The van der Waals surface area contributed by atoms with E-state index < -0.39 is 0 Å². The van der Waals surface area contributed by atoms with E-state index in [0.29, 0.717) is 6.54 Å². The minimum Gasteiger partial charge on any atom is -0.339 e. The van der Waals surface area contributed by atoms with Gasteiger partial charge in [-0.25, -0.2) is 0 Å². The van der Waals surface area contributed by atoms with Crippen molar-refractivity contribution in [2.75, 3.05) is 19.6 Å². The number of hydrogen-bond acceptors (Lipinski definition) is 5. The zero-order chi connectivity index (χ0) is 15.4. The summed E-state index contributed by atoms with van der Waals surface area (Å²) in [5.74, 6) is 1.48. The molecule has 3 rings (SSSR count). The molecule has 6 heteroatoms. The maximum absolute atomic E-state index is 6.37. The Labute approximate surface area is 135 Å². The summed E-state index contributed by atoms with van der Waals surface area (Å²) in [5.41, 5.74) is 1.15. The molecular formula is C16H21ClN4O. The average molecular weight is 321 g/mol. The van der Waals surface area contributed by atoms with Crippen molar-refractivity contribution >= 4 is 11.6 Å². The van der Waals surface area contributed by atoms with Gasteiger partial charge in [0.25, 0.3) is 0 Å². The van der Waals surface area contributed by atoms with Crippen molar-refractivity contribution in [3.63, 3.8) is 0 Å². The maximum atomic E-state index is 6.37. The third-order valence-electron chi connectivity index (χ3n) is 3.94. The molecule has 0 saturated carbocycles. The summed E-state index contributed by atoms with van der Waals surface area (Å²) in [6, 6.07) is 8.25. The number of benzene rings is 1. The Hall–Kier alpha value is -1.43. The highest BCUT2D eigenvalue weighted by Crippen LogP contribution is 2.29. The Kier molecular flexibility index (Phi) is 5.08. The molecule has 1 unspecified atom stereocenters. The molecule has 1 aromatic carbocycles. The fourth-order valence-corrected chi connectivity index (χ4v) is 3.10. The number of rotatable bonds is 5. The SMILES string of the molecule is CCCc1nc(CN2CCNCC2c2ccccc2Cl)no1. The van der Waals surface area contributed by atoms with Crippen LogP contribution in [0.15, 0.2) is 28.8 Å². The number of aryl methyl sites for hydroxylation is 1. The van der Waals surface area contributed by atoms with Crippen LogP contribution >= 0.6 is 11.6 Å². The van der Waals surface area contributed by atoms with Gasteiger partial charge in [-0.3, -0.25) is 4.90 Å². The summed E-state index contributed by atoms with van der Waals surface area (Å²) in [6.07, 6.45) is 1.85. The minimum atomic E-state index is 0.232.